The van der Waals surface area contributed by atoms with Crippen molar-refractivity contribution < 1.29 is 18.4 Å². The van der Waals surface area contributed by atoms with Gasteiger partial charge in [-0.15, -0.1) is 0 Å². The summed E-state index contributed by atoms with van der Waals surface area (Å²) in [5, 5.41) is 5.80. The molecule has 0 aliphatic heterocycles. The molecule has 6 nitrogen and oxygen atoms in total. The number of hydrogen-bond acceptors (Lipinski definition) is 4. The van der Waals surface area contributed by atoms with Crippen LogP contribution in [0.2, 0.25) is 5.02 Å². The number of rotatable bonds is 7. The minimum Gasteiger partial charge on any atom is -0.459 e. The molecule has 0 aliphatic carbocycles. The van der Waals surface area contributed by atoms with Crippen molar-refractivity contribution >= 4 is 29.1 Å². The number of carbonyl (C=O) groups excluding carboxylic acids is 2. The third-order valence-electron chi connectivity index (χ3n) is 4.56. The van der Waals surface area contributed by atoms with Gasteiger partial charge >= 0.3 is 0 Å². The van der Waals surface area contributed by atoms with E-state index in [4.69, 9.17) is 16.0 Å². The molecular weight excluding hydrogens is 409 g/mol. The Kier molecular flexibility index (Phi) is 6.87. The summed E-state index contributed by atoms with van der Waals surface area (Å²) in [4.78, 5) is 26.3. The zero-order valence-electron chi connectivity index (χ0n) is 16.5. The molecule has 8 heteroatoms. The van der Waals surface area contributed by atoms with E-state index in [1.54, 1.807) is 67.5 Å². The van der Waals surface area contributed by atoms with Gasteiger partial charge in [0.2, 0.25) is 0 Å². The third kappa shape index (κ3) is 5.06. The first-order valence-electron chi connectivity index (χ1n) is 9.20. The van der Waals surface area contributed by atoms with E-state index in [2.05, 4.69) is 10.6 Å². The number of carbonyl (C=O) groups is 2. The Balaban J connectivity index is 1.64. The third-order valence-corrected chi connectivity index (χ3v) is 4.89. The second kappa shape index (κ2) is 9.56. The lowest BCUT2D eigenvalue weighted by molar-refractivity contribution is 0.0940. The first kappa shape index (κ1) is 21.5. The second-order valence-electron chi connectivity index (χ2n) is 6.83. The first-order valence-corrected chi connectivity index (χ1v) is 9.58. The number of nitrogens with one attached hydrogen (secondary N) is 2. The number of likely N-dealkylation sites (N-methyl/N-ethyl adjacent to an activating group) is 1. The Labute approximate surface area is 178 Å². The van der Waals surface area contributed by atoms with Gasteiger partial charge in [-0.05, 0) is 62.6 Å². The van der Waals surface area contributed by atoms with Crippen LogP contribution in [0, 0.1) is 5.82 Å². The van der Waals surface area contributed by atoms with Gasteiger partial charge in [0.05, 0.1) is 12.3 Å². The quantitative estimate of drug-likeness (QED) is 0.585. The molecule has 1 atom stereocenters. The predicted octanol–water partition coefficient (Wildman–Crippen LogP) is 4.36. The molecule has 2 aromatic carbocycles. The Hall–Kier alpha value is -3.16. The van der Waals surface area contributed by atoms with E-state index in [1.165, 1.54) is 12.3 Å². The van der Waals surface area contributed by atoms with Crippen LogP contribution >= 0.6 is 11.6 Å². The number of hydrogen-bond donors (Lipinski definition) is 2. The van der Waals surface area contributed by atoms with Crippen molar-refractivity contribution in [1.82, 2.24) is 10.2 Å². The second-order valence-corrected chi connectivity index (χ2v) is 7.24. The average molecular weight is 430 g/mol. The van der Waals surface area contributed by atoms with Crippen molar-refractivity contribution in [1.29, 1.82) is 0 Å². The van der Waals surface area contributed by atoms with E-state index in [1.807, 2.05) is 0 Å². The molecule has 3 aromatic rings. The molecule has 0 radical (unpaired) electrons. The van der Waals surface area contributed by atoms with Gasteiger partial charge in [0.1, 0.15) is 5.82 Å². The summed E-state index contributed by atoms with van der Waals surface area (Å²) in [6, 6.07) is 13.7. The van der Waals surface area contributed by atoms with Crippen LogP contribution in [0.25, 0.3) is 0 Å². The number of halogens is 2. The lowest BCUT2D eigenvalue weighted by Gasteiger charge is -2.26. The zero-order chi connectivity index (χ0) is 21.7. The molecule has 0 unspecified atom stereocenters. The maximum absolute atomic E-state index is 14.3. The summed E-state index contributed by atoms with van der Waals surface area (Å²) in [6.45, 7) is 0.170. The maximum atomic E-state index is 14.3. The average Bonchev–Trinajstić information content (AvgIpc) is 3.25. The largest absolute Gasteiger partial charge is 0.459 e. The van der Waals surface area contributed by atoms with Gasteiger partial charge in [-0.2, -0.15) is 0 Å². The Bertz CT molecular complexity index is 1000. The van der Waals surface area contributed by atoms with Crippen molar-refractivity contribution in [3.8, 4) is 0 Å². The molecule has 1 heterocycles. The lowest BCUT2D eigenvalue weighted by atomic mass is 10.0. The van der Waals surface area contributed by atoms with Crippen LogP contribution in [0.3, 0.4) is 0 Å². The fraction of sp³-hybridized carbons (Fsp3) is 0.182. The van der Waals surface area contributed by atoms with Gasteiger partial charge in [-0.1, -0.05) is 17.7 Å². The molecule has 2 amide bonds. The van der Waals surface area contributed by atoms with Crippen molar-refractivity contribution in [2.75, 3.05) is 26.0 Å². The highest BCUT2D eigenvalue weighted by Gasteiger charge is 2.22. The van der Waals surface area contributed by atoms with E-state index in [-0.39, 0.29) is 24.1 Å². The van der Waals surface area contributed by atoms with E-state index in [0.29, 0.717) is 21.8 Å². The van der Waals surface area contributed by atoms with Crippen molar-refractivity contribution in [3.63, 3.8) is 0 Å². The first-order chi connectivity index (χ1) is 14.4. The molecule has 3 rings (SSSR count). The number of furan rings is 1. The Morgan fingerprint density at radius 1 is 1.07 bits per heavy atom. The van der Waals surface area contributed by atoms with Gasteiger partial charge in [0, 0.05) is 28.4 Å². The van der Waals surface area contributed by atoms with Gasteiger partial charge in [0.15, 0.2) is 5.76 Å². The monoisotopic (exact) mass is 429 g/mol. The number of benzene rings is 2. The molecule has 0 bridgehead atoms. The smallest absolute Gasteiger partial charge is 0.291 e. The normalized spacial score (nSPS) is 11.9. The van der Waals surface area contributed by atoms with Crippen molar-refractivity contribution in [2.24, 2.45) is 0 Å². The topological polar surface area (TPSA) is 74.6 Å². The summed E-state index contributed by atoms with van der Waals surface area (Å²) < 4.78 is 19.3. The molecule has 156 valence electrons. The summed E-state index contributed by atoms with van der Waals surface area (Å²) in [5.41, 5.74) is 1.26. The number of nitrogens with zero attached hydrogens (tertiary/aromatic N) is 1. The van der Waals surface area contributed by atoms with E-state index >= 15 is 0 Å². The van der Waals surface area contributed by atoms with Crippen molar-refractivity contribution in [2.45, 2.75) is 6.04 Å². The SMILES string of the molecule is CN(C)[C@@H](CNC(=O)c1ccc(NC(=O)c2ccco2)cc1)c1c(F)cccc1Cl. The summed E-state index contributed by atoms with van der Waals surface area (Å²) >= 11 is 6.18. The van der Waals surface area contributed by atoms with Gasteiger partial charge < -0.3 is 20.0 Å². The summed E-state index contributed by atoms with van der Waals surface area (Å²) in [7, 11) is 3.58. The Morgan fingerprint density at radius 3 is 2.40 bits per heavy atom. The zero-order valence-corrected chi connectivity index (χ0v) is 17.2. The fourth-order valence-electron chi connectivity index (χ4n) is 2.97. The predicted molar refractivity (Wildman–Crippen MR) is 113 cm³/mol. The van der Waals surface area contributed by atoms with Crippen LogP contribution < -0.4 is 10.6 Å². The maximum Gasteiger partial charge on any atom is 0.291 e. The van der Waals surface area contributed by atoms with Crippen molar-refractivity contribution in [3.05, 3.63) is 88.6 Å². The molecule has 0 aliphatic rings. The van der Waals surface area contributed by atoms with Crippen LogP contribution in [0.1, 0.15) is 32.5 Å². The van der Waals surface area contributed by atoms with Crippen LogP contribution in [-0.2, 0) is 0 Å². The molecule has 0 spiro atoms. The van der Waals surface area contributed by atoms with Crippen LogP contribution in [0.5, 0.6) is 0 Å². The number of amides is 2. The molecule has 0 saturated heterocycles. The molecular formula is C22H21ClFN3O3. The lowest BCUT2D eigenvalue weighted by Crippen LogP contribution is -2.35. The summed E-state index contributed by atoms with van der Waals surface area (Å²) in [5.74, 6) is -0.934. The minimum absolute atomic E-state index is 0.170. The van der Waals surface area contributed by atoms with E-state index < -0.39 is 11.9 Å². The minimum atomic E-state index is -0.436. The highest BCUT2D eigenvalue weighted by Crippen LogP contribution is 2.28. The van der Waals surface area contributed by atoms with Gasteiger partial charge in [0.25, 0.3) is 11.8 Å². The van der Waals surface area contributed by atoms with Crippen LogP contribution in [0.15, 0.2) is 65.3 Å². The molecule has 2 N–H and O–H groups in total. The van der Waals surface area contributed by atoms with Gasteiger partial charge in [-0.25, -0.2) is 4.39 Å². The van der Waals surface area contributed by atoms with Gasteiger partial charge in [-0.3, -0.25) is 9.59 Å². The van der Waals surface area contributed by atoms with E-state index in [0.717, 1.165) is 0 Å². The molecule has 1 aromatic heterocycles. The van der Waals surface area contributed by atoms with Crippen LogP contribution in [0.4, 0.5) is 10.1 Å². The molecule has 30 heavy (non-hydrogen) atoms. The summed E-state index contributed by atoms with van der Waals surface area (Å²) in [6.07, 6.45) is 1.41. The number of anilines is 1. The molecule has 0 saturated carbocycles. The highest BCUT2D eigenvalue weighted by molar-refractivity contribution is 6.31. The fourth-order valence-corrected chi connectivity index (χ4v) is 3.26. The highest BCUT2D eigenvalue weighted by atomic mass is 35.5. The Morgan fingerprint density at radius 2 is 1.80 bits per heavy atom. The van der Waals surface area contributed by atoms with E-state index in [9.17, 15) is 14.0 Å². The molecule has 0 fully saturated rings. The standard InChI is InChI=1S/C22H21ClFN3O3/c1-27(2)18(20-16(23)5-3-6-17(20)24)13-25-21(28)14-8-10-15(11-9-14)26-22(29)19-7-4-12-30-19/h3-12,18H,13H2,1-2H3,(H,25,28)(H,26,29)/t18-/m0/s1. The van der Waals surface area contributed by atoms with Crippen LogP contribution in [-0.4, -0.2) is 37.4 Å².